The van der Waals surface area contributed by atoms with Crippen LogP contribution in [0.5, 0.6) is 0 Å². The van der Waals surface area contributed by atoms with E-state index in [-0.39, 0.29) is 11.8 Å². The van der Waals surface area contributed by atoms with Gasteiger partial charge in [0.05, 0.1) is 0 Å². The minimum Gasteiger partial charge on any atom is -0.361 e. The van der Waals surface area contributed by atoms with Crippen LogP contribution in [0.25, 0.3) is 10.9 Å². The highest BCUT2D eigenvalue weighted by Crippen LogP contribution is 2.30. The molecule has 0 aliphatic heterocycles. The van der Waals surface area contributed by atoms with Crippen molar-refractivity contribution in [2.45, 2.75) is 5.92 Å². The standard InChI is InChI=1S/C22H18N4O/c23-12-16-10-11-21(26-16)22(27)25-13-18(15-6-2-1-3-7-15)19-14-24-20-9-5-4-8-17(19)20/h1-11,14,18,24,26H,13H2,(H,25,27)/t18-/m1/s1. The van der Waals surface area contributed by atoms with E-state index in [2.05, 4.69) is 33.5 Å². The van der Waals surface area contributed by atoms with Gasteiger partial charge >= 0.3 is 0 Å². The zero-order valence-corrected chi connectivity index (χ0v) is 14.6. The summed E-state index contributed by atoms with van der Waals surface area (Å²) >= 11 is 0. The van der Waals surface area contributed by atoms with Gasteiger partial charge in [-0.3, -0.25) is 4.79 Å². The van der Waals surface area contributed by atoms with E-state index in [1.54, 1.807) is 12.1 Å². The molecule has 0 spiro atoms. The molecule has 0 fully saturated rings. The minimum absolute atomic E-state index is 0.0108. The Hall–Kier alpha value is -3.78. The smallest absolute Gasteiger partial charge is 0.267 e. The predicted octanol–water partition coefficient (Wildman–Crippen LogP) is 3.93. The molecule has 2 heterocycles. The lowest BCUT2D eigenvalue weighted by Crippen LogP contribution is -2.29. The van der Waals surface area contributed by atoms with Crippen LogP contribution < -0.4 is 5.32 Å². The van der Waals surface area contributed by atoms with Crippen LogP contribution in [-0.4, -0.2) is 22.4 Å². The van der Waals surface area contributed by atoms with E-state index in [0.29, 0.717) is 17.9 Å². The lowest BCUT2D eigenvalue weighted by atomic mass is 9.91. The average molecular weight is 354 g/mol. The summed E-state index contributed by atoms with van der Waals surface area (Å²) < 4.78 is 0. The van der Waals surface area contributed by atoms with Gasteiger partial charge in [0.25, 0.3) is 5.91 Å². The number of nitriles is 1. The number of carbonyl (C=O) groups excluding carboxylic acids is 1. The van der Waals surface area contributed by atoms with Crippen LogP contribution in [0.2, 0.25) is 0 Å². The van der Waals surface area contributed by atoms with Crippen molar-refractivity contribution in [3.8, 4) is 6.07 Å². The first kappa shape index (κ1) is 16.7. The number of rotatable bonds is 5. The fourth-order valence-corrected chi connectivity index (χ4v) is 3.36. The quantitative estimate of drug-likeness (QED) is 0.507. The van der Waals surface area contributed by atoms with Crippen molar-refractivity contribution < 1.29 is 4.79 Å². The van der Waals surface area contributed by atoms with Gasteiger partial charge in [-0.2, -0.15) is 5.26 Å². The third-order valence-corrected chi connectivity index (χ3v) is 4.72. The van der Waals surface area contributed by atoms with Crippen molar-refractivity contribution >= 4 is 16.8 Å². The fraction of sp³-hybridized carbons (Fsp3) is 0.0909. The number of aromatic amines is 2. The van der Waals surface area contributed by atoms with E-state index in [1.165, 1.54) is 0 Å². The summed E-state index contributed by atoms with van der Waals surface area (Å²) in [5.74, 6) is -0.214. The second-order valence-electron chi connectivity index (χ2n) is 6.36. The first-order valence-corrected chi connectivity index (χ1v) is 8.74. The molecule has 5 nitrogen and oxygen atoms in total. The average Bonchev–Trinajstić information content (AvgIpc) is 3.36. The number of hydrogen-bond acceptors (Lipinski definition) is 2. The summed E-state index contributed by atoms with van der Waals surface area (Å²) in [5, 5.41) is 13.0. The Morgan fingerprint density at radius 3 is 2.59 bits per heavy atom. The molecule has 1 amide bonds. The molecular formula is C22H18N4O. The van der Waals surface area contributed by atoms with E-state index in [4.69, 9.17) is 5.26 Å². The van der Waals surface area contributed by atoms with Crippen molar-refractivity contribution in [2.24, 2.45) is 0 Å². The first-order valence-electron chi connectivity index (χ1n) is 8.74. The maximum atomic E-state index is 12.5. The van der Waals surface area contributed by atoms with Crippen LogP contribution >= 0.6 is 0 Å². The molecule has 0 bridgehead atoms. The molecule has 0 unspecified atom stereocenters. The van der Waals surface area contributed by atoms with Gasteiger partial charge in [0.2, 0.25) is 0 Å². The van der Waals surface area contributed by atoms with Crippen LogP contribution in [0.1, 0.15) is 33.2 Å². The molecule has 27 heavy (non-hydrogen) atoms. The van der Waals surface area contributed by atoms with Gasteiger partial charge in [-0.15, -0.1) is 0 Å². The van der Waals surface area contributed by atoms with Crippen molar-refractivity contribution in [1.82, 2.24) is 15.3 Å². The molecule has 2 aromatic carbocycles. The monoisotopic (exact) mass is 354 g/mol. The van der Waals surface area contributed by atoms with E-state index >= 15 is 0 Å². The highest BCUT2D eigenvalue weighted by Gasteiger charge is 2.19. The zero-order valence-electron chi connectivity index (χ0n) is 14.6. The molecule has 0 aliphatic rings. The van der Waals surface area contributed by atoms with E-state index in [9.17, 15) is 4.79 Å². The van der Waals surface area contributed by atoms with E-state index in [1.807, 2.05) is 48.7 Å². The summed E-state index contributed by atoms with van der Waals surface area (Å²) in [6, 6.07) is 23.5. The molecule has 0 radical (unpaired) electrons. The second kappa shape index (κ2) is 7.22. The van der Waals surface area contributed by atoms with Gasteiger partial charge in [-0.25, -0.2) is 0 Å². The predicted molar refractivity (Wildman–Crippen MR) is 104 cm³/mol. The number of H-pyrrole nitrogens is 2. The van der Waals surface area contributed by atoms with E-state index < -0.39 is 0 Å². The maximum absolute atomic E-state index is 12.5. The second-order valence-corrected chi connectivity index (χ2v) is 6.36. The van der Waals surface area contributed by atoms with Gasteiger partial charge in [0.15, 0.2) is 0 Å². The molecule has 0 saturated heterocycles. The number of nitrogens with zero attached hydrogens (tertiary/aromatic N) is 1. The highest BCUT2D eigenvalue weighted by atomic mass is 16.1. The summed E-state index contributed by atoms with van der Waals surface area (Å²) in [7, 11) is 0. The van der Waals surface area contributed by atoms with Crippen LogP contribution in [0, 0.1) is 11.3 Å². The SMILES string of the molecule is N#Cc1ccc(C(=O)NC[C@H](c2ccccc2)c2c[nH]c3ccccc23)[nH]1. The molecule has 132 valence electrons. The van der Waals surface area contributed by atoms with Crippen molar-refractivity contribution in [1.29, 1.82) is 5.26 Å². The Balaban J connectivity index is 1.63. The van der Waals surface area contributed by atoms with Crippen molar-refractivity contribution in [3.05, 3.63) is 95.4 Å². The normalized spacial score (nSPS) is 11.8. The number of benzene rings is 2. The van der Waals surface area contributed by atoms with Gasteiger partial charge in [0, 0.05) is 29.6 Å². The Bertz CT molecular complexity index is 1120. The topological polar surface area (TPSA) is 84.5 Å². The van der Waals surface area contributed by atoms with Gasteiger partial charge in [-0.1, -0.05) is 48.5 Å². The lowest BCUT2D eigenvalue weighted by Gasteiger charge is -2.18. The summed E-state index contributed by atoms with van der Waals surface area (Å²) in [6.07, 6.45) is 2.01. The fourth-order valence-electron chi connectivity index (χ4n) is 3.36. The van der Waals surface area contributed by atoms with Crippen LogP contribution in [0.3, 0.4) is 0 Å². The van der Waals surface area contributed by atoms with Crippen LogP contribution in [0.15, 0.2) is 72.9 Å². The molecule has 4 rings (SSSR count). The van der Waals surface area contributed by atoms with Crippen LogP contribution in [-0.2, 0) is 0 Å². The minimum atomic E-state index is -0.225. The summed E-state index contributed by atoms with van der Waals surface area (Å²) in [6.45, 7) is 0.450. The largest absolute Gasteiger partial charge is 0.361 e. The van der Waals surface area contributed by atoms with Crippen molar-refractivity contribution in [3.63, 3.8) is 0 Å². The number of amides is 1. The Morgan fingerprint density at radius 1 is 1.04 bits per heavy atom. The lowest BCUT2D eigenvalue weighted by molar-refractivity contribution is 0.0948. The molecule has 4 aromatic rings. The molecule has 5 heteroatoms. The third-order valence-electron chi connectivity index (χ3n) is 4.72. The van der Waals surface area contributed by atoms with Crippen LogP contribution in [0.4, 0.5) is 0 Å². The van der Waals surface area contributed by atoms with Gasteiger partial charge in [0.1, 0.15) is 17.5 Å². The number of hydrogen-bond donors (Lipinski definition) is 3. The molecule has 2 aromatic heterocycles. The third kappa shape index (κ3) is 3.33. The Kier molecular flexibility index (Phi) is 4.46. The highest BCUT2D eigenvalue weighted by molar-refractivity contribution is 5.92. The number of carbonyl (C=O) groups is 1. The Labute approximate surface area is 156 Å². The number of para-hydroxylation sites is 1. The number of aromatic nitrogens is 2. The van der Waals surface area contributed by atoms with Crippen molar-refractivity contribution in [2.75, 3.05) is 6.54 Å². The molecule has 1 atom stereocenters. The number of nitrogens with one attached hydrogen (secondary N) is 3. The molecule has 0 aliphatic carbocycles. The van der Waals surface area contributed by atoms with Gasteiger partial charge < -0.3 is 15.3 Å². The number of fused-ring (bicyclic) bond motifs is 1. The first-order chi connectivity index (χ1) is 13.3. The summed E-state index contributed by atoms with van der Waals surface area (Å²) in [5.41, 5.74) is 4.10. The maximum Gasteiger partial charge on any atom is 0.267 e. The summed E-state index contributed by atoms with van der Waals surface area (Å²) in [4.78, 5) is 18.6. The molecule has 3 N–H and O–H groups in total. The van der Waals surface area contributed by atoms with Gasteiger partial charge in [-0.05, 0) is 29.3 Å². The van der Waals surface area contributed by atoms with E-state index in [0.717, 1.165) is 22.0 Å². The molecule has 0 saturated carbocycles. The zero-order chi connectivity index (χ0) is 18.6. The Morgan fingerprint density at radius 2 is 1.81 bits per heavy atom. The molecular weight excluding hydrogens is 336 g/mol.